The summed E-state index contributed by atoms with van der Waals surface area (Å²) >= 11 is 0. The third kappa shape index (κ3) is 3.33. The Kier molecular flexibility index (Phi) is 6.15. The molecule has 0 aliphatic carbocycles. The fourth-order valence-corrected chi connectivity index (χ4v) is 1.04. The van der Waals surface area contributed by atoms with E-state index in [1.165, 1.54) is 0 Å². The molecular weight excluding hydrogens is 430 g/mol. The number of hydrogen-bond acceptors (Lipinski definition) is 3. The van der Waals surface area contributed by atoms with E-state index in [1.807, 2.05) is 6.92 Å². The summed E-state index contributed by atoms with van der Waals surface area (Å²) in [5.41, 5.74) is 5.64. The SMILES string of the molecule is C[C-]1COC(C(C)N)CNC1=O.[CH3-].[Lr]. The summed E-state index contributed by atoms with van der Waals surface area (Å²) in [5, 5.41) is 2.74. The van der Waals surface area contributed by atoms with Gasteiger partial charge in [-0.15, -0.1) is 0 Å². The zero-order chi connectivity index (χ0) is 9.14. The number of nitrogens with one attached hydrogen (secondary N) is 1. The van der Waals surface area contributed by atoms with Gasteiger partial charge in [-0.3, -0.25) is 5.92 Å². The van der Waals surface area contributed by atoms with Crippen molar-refractivity contribution in [1.82, 2.24) is 5.32 Å². The molecule has 2 unspecified atom stereocenters. The Morgan fingerprint density at radius 1 is 1.71 bits per heavy atom. The molecule has 1 amide bonds. The van der Waals surface area contributed by atoms with Crippen LogP contribution in [0, 0.1) is 13.3 Å². The van der Waals surface area contributed by atoms with Gasteiger partial charge in [0.2, 0.25) is 0 Å². The predicted molar refractivity (Wildman–Crippen MR) is 51.7 cm³/mol. The maximum atomic E-state index is 11.1. The molecule has 0 aromatic rings. The fourth-order valence-electron chi connectivity index (χ4n) is 1.04. The van der Waals surface area contributed by atoms with Crippen molar-refractivity contribution >= 4 is 5.91 Å². The van der Waals surface area contributed by atoms with E-state index in [2.05, 4.69) is 5.32 Å². The van der Waals surface area contributed by atoms with Gasteiger partial charge in [-0.2, -0.15) is 6.92 Å². The van der Waals surface area contributed by atoms with Crippen LogP contribution in [0.3, 0.4) is 0 Å². The fraction of sp³-hybridized carbons (Fsp3) is 0.667. The Bertz CT molecular complexity index is 176. The first kappa shape index (κ1) is 14.8. The molecule has 0 aromatic heterocycles. The maximum Gasteiger partial charge on any atom is 0.0869 e. The predicted octanol–water partition coefficient (Wildman–Crippen LogP) is -0.107. The van der Waals surface area contributed by atoms with E-state index in [9.17, 15) is 4.79 Å². The van der Waals surface area contributed by atoms with E-state index < -0.39 is 0 Å². The van der Waals surface area contributed by atoms with E-state index in [0.717, 1.165) is 0 Å². The molecule has 3 N–H and O–H groups in total. The van der Waals surface area contributed by atoms with Crippen molar-refractivity contribution in [2.45, 2.75) is 26.0 Å². The Balaban J connectivity index is 0. The van der Waals surface area contributed by atoms with Crippen LogP contribution in [-0.4, -0.2) is 31.2 Å². The van der Waals surface area contributed by atoms with Crippen LogP contribution < -0.4 is 11.1 Å². The van der Waals surface area contributed by atoms with Gasteiger partial charge in [0.15, 0.2) is 0 Å². The molecule has 4 nitrogen and oxygen atoms in total. The molecule has 14 heavy (non-hydrogen) atoms. The van der Waals surface area contributed by atoms with Crippen molar-refractivity contribution in [1.29, 1.82) is 0 Å². The monoisotopic (exact) mass is 448 g/mol. The van der Waals surface area contributed by atoms with Crippen LogP contribution in [0.25, 0.3) is 0 Å². The molecule has 0 aromatic carbocycles. The van der Waals surface area contributed by atoms with Gasteiger partial charge in [0.25, 0.3) is 0 Å². The zero-order valence-electron chi connectivity index (χ0n) is 8.72. The van der Waals surface area contributed by atoms with Crippen LogP contribution >= 0.6 is 0 Å². The third-order valence-corrected chi connectivity index (χ3v) is 1.95. The topological polar surface area (TPSA) is 64.3 Å². The summed E-state index contributed by atoms with van der Waals surface area (Å²) in [6.45, 7) is 4.53. The molecule has 1 heterocycles. The van der Waals surface area contributed by atoms with Crippen LogP contribution in [0.15, 0.2) is 0 Å². The number of rotatable bonds is 1. The van der Waals surface area contributed by atoms with Crippen molar-refractivity contribution in [2.24, 2.45) is 5.73 Å². The molecule has 2 atom stereocenters. The molecule has 1 aliphatic heterocycles. The van der Waals surface area contributed by atoms with Crippen LogP contribution in [0.5, 0.6) is 0 Å². The van der Waals surface area contributed by atoms with E-state index in [1.54, 1.807) is 6.92 Å². The second-order valence-electron chi connectivity index (χ2n) is 3.20. The summed E-state index contributed by atoms with van der Waals surface area (Å²) in [6.07, 6.45) is -0.0635. The van der Waals surface area contributed by atoms with Gasteiger partial charge < -0.3 is 28.0 Å². The molecule has 5 heteroatoms. The molecule has 1 aliphatic rings. The average Bonchev–Trinajstić information content (AvgIpc) is 2.16. The molecule has 1 radical (unpaired) electrons. The number of hydrogen-bond donors (Lipinski definition) is 2. The van der Waals surface area contributed by atoms with E-state index in [-0.39, 0.29) is 25.5 Å². The molecule has 93 valence electrons. The molecular formula is C9H18LrN2O2-2. The van der Waals surface area contributed by atoms with Crippen molar-refractivity contribution in [3.8, 4) is 0 Å². The minimum atomic E-state index is -0.0635. The second kappa shape index (κ2) is 5.83. The maximum absolute atomic E-state index is 11.1. The largest absolute Gasteiger partial charge is 0.403 e. The van der Waals surface area contributed by atoms with Gasteiger partial charge in [0, 0.05) is 12.6 Å². The van der Waals surface area contributed by atoms with Gasteiger partial charge in [0.05, 0.1) is 12.0 Å². The van der Waals surface area contributed by atoms with Crippen LogP contribution in [0.1, 0.15) is 13.8 Å². The average molecular weight is 448 g/mol. The first-order valence-electron chi connectivity index (χ1n) is 4.09. The smallest absolute Gasteiger partial charge is 0.0869 e. The quantitative estimate of drug-likeness (QED) is 0.551. The summed E-state index contributed by atoms with van der Waals surface area (Å²) in [6, 6.07) is -0.0452. The normalized spacial score (nSPS) is 23.8. The van der Waals surface area contributed by atoms with Crippen molar-refractivity contribution in [3.05, 3.63) is 13.3 Å². The second-order valence-corrected chi connectivity index (χ2v) is 3.20. The summed E-state index contributed by atoms with van der Waals surface area (Å²) in [5.74, 6) is 0.677. The molecule has 0 bridgehead atoms. The summed E-state index contributed by atoms with van der Waals surface area (Å²) in [4.78, 5) is 11.1. The number of ether oxygens (including phenoxy) is 1. The third-order valence-electron chi connectivity index (χ3n) is 1.95. The van der Waals surface area contributed by atoms with E-state index >= 15 is 0 Å². The van der Waals surface area contributed by atoms with Crippen LogP contribution in [-0.2, 0) is 9.53 Å². The summed E-state index contributed by atoms with van der Waals surface area (Å²) < 4.78 is 5.40. The van der Waals surface area contributed by atoms with Gasteiger partial charge in [-0.25, -0.2) is 0 Å². The molecule has 1 saturated heterocycles. The van der Waals surface area contributed by atoms with Crippen molar-refractivity contribution in [3.63, 3.8) is 0 Å². The number of amides is 1. The van der Waals surface area contributed by atoms with Gasteiger partial charge in [-0.1, -0.05) is 6.61 Å². The van der Waals surface area contributed by atoms with E-state index in [4.69, 9.17) is 10.5 Å². The Hall–Kier alpha value is -1.74. The van der Waals surface area contributed by atoms with Gasteiger partial charge >= 0.3 is 0 Å². The van der Waals surface area contributed by atoms with Crippen LogP contribution in [0.4, 0.5) is 0 Å². The van der Waals surface area contributed by atoms with Crippen molar-refractivity contribution < 1.29 is 9.53 Å². The standard InChI is InChI=1S/C8H15N2O2.CH3.Lr/c1-5-4-12-7(6(2)9)3-10-8(5)11;;/h6-7H,3-4,9H2,1-2H3,(H,10,11);1H3;/q2*-1;. The Labute approximate surface area is 79.8 Å². The van der Waals surface area contributed by atoms with Crippen molar-refractivity contribution in [2.75, 3.05) is 13.2 Å². The van der Waals surface area contributed by atoms with E-state index in [0.29, 0.717) is 19.1 Å². The van der Waals surface area contributed by atoms with Crippen LogP contribution in [0.2, 0.25) is 0 Å². The first-order valence-corrected chi connectivity index (χ1v) is 4.09. The Morgan fingerprint density at radius 3 is 2.79 bits per heavy atom. The molecule has 0 spiro atoms. The minimum absolute atomic E-state index is 0. The molecule has 1 rings (SSSR count). The summed E-state index contributed by atoms with van der Waals surface area (Å²) in [7, 11) is 0. The van der Waals surface area contributed by atoms with Gasteiger partial charge in [-0.05, 0) is 6.92 Å². The molecule has 1 fully saturated rings. The van der Waals surface area contributed by atoms with Gasteiger partial charge in [0.1, 0.15) is 0 Å². The minimum Gasteiger partial charge on any atom is -0.403 e. The number of carbonyl (C=O) groups is 1. The Morgan fingerprint density at radius 2 is 2.29 bits per heavy atom. The first-order chi connectivity index (χ1) is 5.61. The number of carbonyl (C=O) groups excluding carboxylic acids is 1. The number of nitrogens with two attached hydrogens (primary N) is 1. The zero-order valence-corrected chi connectivity index (χ0v) is 10.9. The molecule has 0 saturated carbocycles.